The van der Waals surface area contributed by atoms with Gasteiger partial charge in [-0.05, 0) is 43.2 Å². The van der Waals surface area contributed by atoms with Gasteiger partial charge >= 0.3 is 0 Å². The lowest BCUT2D eigenvalue weighted by Crippen LogP contribution is -2.49. The molecule has 1 unspecified atom stereocenters. The van der Waals surface area contributed by atoms with E-state index in [1.165, 1.54) is 32.1 Å². The van der Waals surface area contributed by atoms with Crippen LogP contribution in [0, 0.1) is 11.8 Å². The van der Waals surface area contributed by atoms with Gasteiger partial charge in [0.25, 0.3) is 0 Å². The van der Waals surface area contributed by atoms with Crippen molar-refractivity contribution in [2.75, 3.05) is 11.4 Å². The number of hydrogen-bond donors (Lipinski definition) is 1. The van der Waals surface area contributed by atoms with Gasteiger partial charge in [-0.3, -0.25) is 4.90 Å². The van der Waals surface area contributed by atoms with Crippen LogP contribution >= 0.6 is 11.3 Å². The van der Waals surface area contributed by atoms with Crippen LogP contribution in [-0.4, -0.2) is 28.0 Å². The van der Waals surface area contributed by atoms with Gasteiger partial charge in [0.05, 0.1) is 12.1 Å². The topological polar surface area (TPSA) is 67.4 Å². The van der Waals surface area contributed by atoms with Crippen molar-refractivity contribution in [3.63, 3.8) is 0 Å². The average molecular weight is 313 g/mol. The summed E-state index contributed by atoms with van der Waals surface area (Å²) in [5.74, 6) is 2.19. The fraction of sp³-hybridized carbons (Fsp3) is 0.562. The van der Waals surface area contributed by atoms with E-state index in [0.717, 1.165) is 27.9 Å². The van der Waals surface area contributed by atoms with Crippen molar-refractivity contribution in [1.82, 2.24) is 9.97 Å². The molecular formula is C16H19N5S. The second kappa shape index (κ2) is 4.41. The third-order valence-electron chi connectivity index (χ3n) is 5.68. The highest BCUT2D eigenvalue weighted by molar-refractivity contribution is 7.22. The van der Waals surface area contributed by atoms with Gasteiger partial charge in [-0.2, -0.15) is 0 Å². The van der Waals surface area contributed by atoms with Gasteiger partial charge in [0.1, 0.15) is 10.3 Å². The number of pyridine rings is 1. The molecule has 2 aromatic heterocycles. The maximum atomic E-state index is 6.29. The van der Waals surface area contributed by atoms with Crippen LogP contribution in [0.2, 0.25) is 0 Å². The molecule has 3 fully saturated rings. The lowest BCUT2D eigenvalue weighted by Gasteiger charge is -2.47. The first kappa shape index (κ1) is 12.8. The Morgan fingerprint density at radius 1 is 1.27 bits per heavy atom. The van der Waals surface area contributed by atoms with Crippen molar-refractivity contribution >= 4 is 32.8 Å². The van der Waals surface area contributed by atoms with Gasteiger partial charge in [0, 0.05) is 6.20 Å². The fourth-order valence-corrected chi connectivity index (χ4v) is 5.54. The summed E-state index contributed by atoms with van der Waals surface area (Å²) in [5.41, 5.74) is 7.29. The number of thiazole rings is 1. The average Bonchev–Trinajstić information content (AvgIpc) is 3.09. The van der Waals surface area contributed by atoms with Gasteiger partial charge in [-0.25, -0.2) is 15.0 Å². The largest absolute Gasteiger partial charge is 0.369 e. The van der Waals surface area contributed by atoms with Gasteiger partial charge in [-0.1, -0.05) is 24.2 Å². The molecule has 0 aromatic carbocycles. The molecule has 2 aromatic rings. The van der Waals surface area contributed by atoms with Crippen molar-refractivity contribution in [1.29, 1.82) is 0 Å². The minimum Gasteiger partial charge on any atom is -0.369 e. The van der Waals surface area contributed by atoms with Crippen LogP contribution in [0.5, 0.6) is 0 Å². The van der Waals surface area contributed by atoms with Crippen LogP contribution in [0.25, 0.3) is 10.3 Å². The standard InChI is InChI=1S/C16H19N5S/c17-14-20-16(8-10-3-5-11(16)6-4-10)9-21(14)15-19-12-2-1-7-18-13(12)22-15/h1-2,7,10-11H,3-6,8-9H2,(H2,17,20). The molecular weight excluding hydrogens is 294 g/mol. The van der Waals surface area contributed by atoms with Crippen molar-refractivity contribution in [2.45, 2.75) is 37.6 Å². The minimum atomic E-state index is 0.0521. The molecule has 3 heterocycles. The Kier molecular flexibility index (Phi) is 2.57. The Labute approximate surface area is 133 Å². The molecule has 0 radical (unpaired) electrons. The molecule has 6 heteroatoms. The summed E-state index contributed by atoms with van der Waals surface area (Å²) in [6.07, 6.45) is 8.42. The highest BCUT2D eigenvalue weighted by Gasteiger charge is 2.52. The summed E-state index contributed by atoms with van der Waals surface area (Å²) in [4.78, 5) is 17.1. The summed E-state index contributed by atoms with van der Waals surface area (Å²) in [5, 5.41) is 0.938. The molecule has 1 aliphatic heterocycles. The van der Waals surface area contributed by atoms with E-state index in [1.54, 1.807) is 11.3 Å². The van der Waals surface area contributed by atoms with E-state index < -0.39 is 0 Å². The summed E-state index contributed by atoms with van der Waals surface area (Å²) < 4.78 is 0. The van der Waals surface area contributed by atoms with E-state index in [2.05, 4.69) is 9.88 Å². The number of fused-ring (bicyclic) bond motifs is 3. The number of hydrogen-bond acceptors (Lipinski definition) is 6. The second-order valence-corrected chi connectivity index (χ2v) is 7.86. The molecule has 1 spiro atoms. The highest BCUT2D eigenvalue weighted by Crippen LogP contribution is 2.51. The quantitative estimate of drug-likeness (QED) is 0.879. The maximum absolute atomic E-state index is 6.29. The molecule has 1 atom stereocenters. The summed E-state index contributed by atoms with van der Waals surface area (Å²) in [6, 6.07) is 3.93. The Bertz CT molecular complexity index is 728. The van der Waals surface area contributed by atoms with Crippen molar-refractivity contribution in [2.24, 2.45) is 22.6 Å². The lowest BCUT2D eigenvalue weighted by atomic mass is 9.60. The summed E-state index contributed by atoms with van der Waals surface area (Å²) >= 11 is 1.61. The van der Waals surface area contributed by atoms with Gasteiger partial charge in [0.2, 0.25) is 0 Å². The zero-order valence-corrected chi connectivity index (χ0v) is 13.2. The Balaban J connectivity index is 1.51. The third kappa shape index (κ3) is 1.73. The fourth-order valence-electron chi connectivity index (χ4n) is 4.62. The highest BCUT2D eigenvalue weighted by atomic mass is 32.1. The number of nitrogens with two attached hydrogens (primary N) is 1. The van der Waals surface area contributed by atoms with Gasteiger partial charge in [-0.15, -0.1) is 0 Å². The Morgan fingerprint density at radius 3 is 2.86 bits per heavy atom. The third-order valence-corrected chi connectivity index (χ3v) is 6.68. The van der Waals surface area contributed by atoms with E-state index in [0.29, 0.717) is 11.9 Å². The summed E-state index contributed by atoms with van der Waals surface area (Å²) in [7, 11) is 0. The molecule has 22 heavy (non-hydrogen) atoms. The van der Waals surface area contributed by atoms with Crippen LogP contribution < -0.4 is 10.6 Å². The molecule has 6 rings (SSSR count). The lowest BCUT2D eigenvalue weighted by molar-refractivity contribution is 0.0830. The smallest absolute Gasteiger partial charge is 0.198 e. The second-order valence-electron chi connectivity index (χ2n) is 6.91. The number of guanidine groups is 1. The van der Waals surface area contributed by atoms with Crippen LogP contribution in [0.4, 0.5) is 5.13 Å². The monoisotopic (exact) mass is 313 g/mol. The van der Waals surface area contributed by atoms with Crippen LogP contribution in [-0.2, 0) is 0 Å². The van der Waals surface area contributed by atoms with Crippen LogP contribution in [0.15, 0.2) is 23.3 Å². The predicted molar refractivity (Wildman–Crippen MR) is 89.2 cm³/mol. The maximum Gasteiger partial charge on any atom is 0.198 e. The van der Waals surface area contributed by atoms with Gasteiger partial charge < -0.3 is 5.73 Å². The predicted octanol–water partition coefficient (Wildman–Crippen LogP) is 2.77. The molecule has 3 aliphatic carbocycles. The SMILES string of the molecule is NC1=NC2(CC3CCC2CC3)CN1c1nc2cccnc2s1. The number of anilines is 1. The number of aliphatic imine (C=N–C) groups is 1. The zero-order chi connectivity index (χ0) is 14.7. The summed E-state index contributed by atoms with van der Waals surface area (Å²) in [6.45, 7) is 0.903. The zero-order valence-electron chi connectivity index (χ0n) is 12.4. The van der Waals surface area contributed by atoms with E-state index in [4.69, 9.17) is 15.7 Å². The molecule has 2 N–H and O–H groups in total. The molecule has 114 valence electrons. The van der Waals surface area contributed by atoms with Crippen molar-refractivity contribution < 1.29 is 0 Å². The Morgan fingerprint density at radius 2 is 2.14 bits per heavy atom. The number of nitrogens with zero attached hydrogens (tertiary/aromatic N) is 4. The van der Waals surface area contributed by atoms with Crippen molar-refractivity contribution in [3.05, 3.63) is 18.3 Å². The molecule has 0 amide bonds. The molecule has 5 nitrogen and oxygen atoms in total. The number of aromatic nitrogens is 2. The minimum absolute atomic E-state index is 0.0521. The first-order chi connectivity index (χ1) is 10.7. The molecule has 4 aliphatic rings. The van der Waals surface area contributed by atoms with E-state index in [1.807, 2.05) is 18.3 Å². The molecule has 2 bridgehead atoms. The normalized spacial score (nSPS) is 33.8. The van der Waals surface area contributed by atoms with Crippen molar-refractivity contribution in [3.8, 4) is 0 Å². The van der Waals surface area contributed by atoms with E-state index >= 15 is 0 Å². The first-order valence-corrected chi connectivity index (χ1v) is 8.90. The van der Waals surface area contributed by atoms with Crippen LogP contribution in [0.1, 0.15) is 32.1 Å². The first-order valence-electron chi connectivity index (χ1n) is 8.08. The Hall–Kier alpha value is -1.69. The van der Waals surface area contributed by atoms with Gasteiger partial charge in [0.15, 0.2) is 11.1 Å². The van der Waals surface area contributed by atoms with E-state index in [9.17, 15) is 0 Å². The molecule has 0 saturated heterocycles. The van der Waals surface area contributed by atoms with Crippen LogP contribution in [0.3, 0.4) is 0 Å². The number of rotatable bonds is 1. The molecule has 3 saturated carbocycles. The van der Waals surface area contributed by atoms with E-state index in [-0.39, 0.29) is 5.54 Å².